The van der Waals surface area contributed by atoms with E-state index in [1.54, 1.807) is 0 Å². The second kappa shape index (κ2) is 41.3. The highest BCUT2D eigenvalue weighted by molar-refractivity contribution is 5.69. The monoisotopic (exact) mass is 692 g/mol. The summed E-state index contributed by atoms with van der Waals surface area (Å²) in [6.45, 7) is 7.50. The number of unbranched alkanes of at least 4 members (excludes halogenated alkanes) is 24. The normalized spacial score (nSPS) is 12.6. The van der Waals surface area contributed by atoms with Crippen LogP contribution < -0.4 is 0 Å². The van der Waals surface area contributed by atoms with Crippen LogP contribution in [0.2, 0.25) is 0 Å². The minimum absolute atomic E-state index is 0.159. The van der Waals surface area contributed by atoms with Crippen molar-refractivity contribution in [3.63, 3.8) is 0 Å². The standard InChI is InChI=1S/C44H85NO4/c1-5-7-9-11-13-15-17-19-21-23-25-27-29-31-33-35-39-47-41-43(42-49-44(46)37-38-45(3)4)48-40-36-34-32-30-28-26-24-22-20-18-16-14-12-10-8-6-2/h19-22,43H,5-18,23-42H2,1-4H3. The molecule has 0 aromatic carbocycles. The van der Waals surface area contributed by atoms with Gasteiger partial charge in [0.1, 0.15) is 12.7 Å². The molecule has 49 heavy (non-hydrogen) atoms. The van der Waals surface area contributed by atoms with E-state index in [9.17, 15) is 4.79 Å². The zero-order valence-electron chi connectivity index (χ0n) is 33.5. The van der Waals surface area contributed by atoms with E-state index in [4.69, 9.17) is 14.2 Å². The van der Waals surface area contributed by atoms with E-state index in [-0.39, 0.29) is 18.7 Å². The summed E-state index contributed by atoms with van der Waals surface area (Å²) in [6.07, 6.45) is 46.4. The maximum atomic E-state index is 12.2. The van der Waals surface area contributed by atoms with E-state index in [0.717, 1.165) is 19.4 Å². The summed E-state index contributed by atoms with van der Waals surface area (Å²) >= 11 is 0. The maximum absolute atomic E-state index is 12.2. The van der Waals surface area contributed by atoms with Gasteiger partial charge in [0.05, 0.1) is 13.0 Å². The molecule has 0 aliphatic rings. The average molecular weight is 692 g/mol. The second-order valence-electron chi connectivity index (χ2n) is 14.7. The number of allylic oxidation sites excluding steroid dienone is 4. The summed E-state index contributed by atoms with van der Waals surface area (Å²) in [5.74, 6) is -0.159. The largest absolute Gasteiger partial charge is 0.463 e. The van der Waals surface area contributed by atoms with Crippen molar-refractivity contribution in [2.24, 2.45) is 0 Å². The number of carbonyl (C=O) groups excluding carboxylic acids is 1. The lowest BCUT2D eigenvalue weighted by molar-refractivity contribution is -0.150. The topological polar surface area (TPSA) is 48.0 Å². The molecule has 0 aliphatic carbocycles. The zero-order chi connectivity index (χ0) is 35.7. The number of rotatable bonds is 40. The van der Waals surface area contributed by atoms with Gasteiger partial charge in [-0.3, -0.25) is 4.79 Å². The smallest absolute Gasteiger partial charge is 0.307 e. The highest BCUT2D eigenvalue weighted by atomic mass is 16.6. The van der Waals surface area contributed by atoms with Gasteiger partial charge in [-0.05, 0) is 78.3 Å². The van der Waals surface area contributed by atoms with Crippen LogP contribution in [-0.2, 0) is 19.0 Å². The molecule has 1 atom stereocenters. The molecule has 0 bridgehead atoms. The van der Waals surface area contributed by atoms with Gasteiger partial charge in [0, 0.05) is 19.8 Å². The lowest BCUT2D eigenvalue weighted by Gasteiger charge is -2.19. The number of ether oxygens (including phenoxy) is 3. The Bertz CT molecular complexity index is 707. The van der Waals surface area contributed by atoms with Crippen LogP contribution >= 0.6 is 0 Å². The van der Waals surface area contributed by atoms with Crippen molar-refractivity contribution >= 4 is 5.97 Å². The fourth-order valence-corrected chi connectivity index (χ4v) is 5.98. The highest BCUT2D eigenvalue weighted by Gasteiger charge is 2.13. The Morgan fingerprint density at radius 1 is 0.510 bits per heavy atom. The van der Waals surface area contributed by atoms with E-state index in [2.05, 4.69) is 38.2 Å². The molecule has 0 aromatic rings. The van der Waals surface area contributed by atoms with E-state index in [1.165, 1.54) is 167 Å². The molecule has 0 radical (unpaired) electrons. The van der Waals surface area contributed by atoms with Gasteiger partial charge in [-0.25, -0.2) is 0 Å². The number of esters is 1. The van der Waals surface area contributed by atoms with Crippen molar-refractivity contribution < 1.29 is 19.0 Å². The Morgan fingerprint density at radius 3 is 1.33 bits per heavy atom. The first-order chi connectivity index (χ1) is 24.1. The molecule has 0 N–H and O–H groups in total. The summed E-state index contributed by atoms with van der Waals surface area (Å²) in [5, 5.41) is 0. The van der Waals surface area contributed by atoms with Gasteiger partial charge in [0.25, 0.3) is 0 Å². The van der Waals surface area contributed by atoms with Crippen molar-refractivity contribution in [2.45, 2.75) is 206 Å². The Labute approximate surface area is 306 Å². The van der Waals surface area contributed by atoms with Crippen molar-refractivity contribution in [2.75, 3.05) is 47.1 Å². The first-order valence-electron chi connectivity index (χ1n) is 21.4. The van der Waals surface area contributed by atoms with Crippen LogP contribution in [0.25, 0.3) is 0 Å². The molecular weight excluding hydrogens is 606 g/mol. The van der Waals surface area contributed by atoms with E-state index in [1.807, 2.05) is 19.0 Å². The third kappa shape index (κ3) is 41.1. The fourth-order valence-electron chi connectivity index (χ4n) is 5.98. The number of nitrogens with zero attached hydrogens (tertiary/aromatic N) is 1. The van der Waals surface area contributed by atoms with Crippen molar-refractivity contribution in [1.29, 1.82) is 0 Å². The summed E-state index contributed by atoms with van der Waals surface area (Å²) in [7, 11) is 3.94. The van der Waals surface area contributed by atoms with Crippen LogP contribution in [0.15, 0.2) is 24.3 Å². The van der Waals surface area contributed by atoms with Crippen molar-refractivity contribution in [3.8, 4) is 0 Å². The summed E-state index contributed by atoms with van der Waals surface area (Å²) < 4.78 is 17.7. The van der Waals surface area contributed by atoms with E-state index >= 15 is 0 Å². The average Bonchev–Trinajstić information content (AvgIpc) is 3.10. The number of hydrogen-bond donors (Lipinski definition) is 0. The lowest BCUT2D eigenvalue weighted by Crippen LogP contribution is -2.28. The van der Waals surface area contributed by atoms with Gasteiger partial charge in [0.15, 0.2) is 0 Å². The fraction of sp³-hybridized carbons (Fsp3) is 0.886. The Morgan fingerprint density at radius 2 is 0.898 bits per heavy atom. The number of carbonyl (C=O) groups is 1. The third-order valence-corrected chi connectivity index (χ3v) is 9.31. The highest BCUT2D eigenvalue weighted by Crippen LogP contribution is 2.12. The third-order valence-electron chi connectivity index (χ3n) is 9.31. The molecule has 0 saturated heterocycles. The van der Waals surface area contributed by atoms with Crippen molar-refractivity contribution in [3.05, 3.63) is 24.3 Å². The Kier molecular flexibility index (Phi) is 40.3. The molecule has 290 valence electrons. The van der Waals surface area contributed by atoms with Crippen LogP contribution in [0.1, 0.15) is 200 Å². The molecule has 0 spiro atoms. The van der Waals surface area contributed by atoms with Crippen LogP contribution in [0.5, 0.6) is 0 Å². The Hall–Kier alpha value is -1.17. The predicted molar refractivity (Wildman–Crippen MR) is 214 cm³/mol. The molecule has 1 unspecified atom stereocenters. The first kappa shape index (κ1) is 47.8. The summed E-state index contributed by atoms with van der Waals surface area (Å²) in [6, 6.07) is 0. The molecule has 5 nitrogen and oxygen atoms in total. The zero-order valence-corrected chi connectivity index (χ0v) is 33.5. The van der Waals surface area contributed by atoms with Crippen molar-refractivity contribution in [1.82, 2.24) is 4.90 Å². The number of hydrogen-bond acceptors (Lipinski definition) is 5. The molecule has 0 aliphatic heterocycles. The van der Waals surface area contributed by atoms with Gasteiger partial charge in [-0.1, -0.05) is 154 Å². The van der Waals surface area contributed by atoms with Crippen LogP contribution in [0.3, 0.4) is 0 Å². The summed E-state index contributed by atoms with van der Waals surface area (Å²) in [4.78, 5) is 14.2. The molecule has 0 aromatic heterocycles. The van der Waals surface area contributed by atoms with Gasteiger partial charge in [0.2, 0.25) is 0 Å². The van der Waals surface area contributed by atoms with Gasteiger partial charge in [-0.2, -0.15) is 0 Å². The van der Waals surface area contributed by atoms with E-state index in [0.29, 0.717) is 26.2 Å². The molecule has 0 fully saturated rings. The molecular formula is C44H85NO4. The lowest BCUT2D eigenvalue weighted by atomic mass is 10.1. The predicted octanol–water partition coefficient (Wildman–Crippen LogP) is 13.0. The second-order valence-corrected chi connectivity index (χ2v) is 14.7. The van der Waals surface area contributed by atoms with Gasteiger partial charge >= 0.3 is 5.97 Å². The van der Waals surface area contributed by atoms with Gasteiger partial charge < -0.3 is 19.1 Å². The maximum Gasteiger partial charge on any atom is 0.307 e. The molecule has 0 saturated carbocycles. The minimum atomic E-state index is -0.180. The quantitative estimate of drug-likeness (QED) is 0.0364. The van der Waals surface area contributed by atoms with Gasteiger partial charge in [-0.15, -0.1) is 0 Å². The summed E-state index contributed by atoms with van der Waals surface area (Å²) in [5.41, 5.74) is 0. The van der Waals surface area contributed by atoms with E-state index < -0.39 is 0 Å². The molecule has 0 rings (SSSR count). The SMILES string of the molecule is CCCCCCCCC=CCCCCCCCCOCC(COC(=O)CCN(C)C)OCCCCCCCCC=CCCCCCCCC. The Balaban J connectivity index is 3.89. The first-order valence-corrected chi connectivity index (χ1v) is 21.4. The molecule has 5 heteroatoms. The molecule has 0 heterocycles. The van der Waals surface area contributed by atoms with Crippen LogP contribution in [0, 0.1) is 0 Å². The van der Waals surface area contributed by atoms with Crippen LogP contribution in [-0.4, -0.2) is 64.0 Å². The van der Waals surface area contributed by atoms with Crippen LogP contribution in [0.4, 0.5) is 0 Å². The minimum Gasteiger partial charge on any atom is -0.463 e. The molecule has 0 amide bonds.